The molecule has 0 radical (unpaired) electrons. The molecule has 0 saturated heterocycles. The predicted molar refractivity (Wildman–Crippen MR) is 76.0 cm³/mol. The normalized spacial score (nSPS) is 10.4. The minimum absolute atomic E-state index is 0.788. The first-order valence-electron chi connectivity index (χ1n) is 6.36. The zero-order valence-electron chi connectivity index (χ0n) is 11.4. The van der Waals surface area contributed by atoms with Crippen LogP contribution in [0.4, 0.5) is 5.82 Å². The van der Waals surface area contributed by atoms with Crippen molar-refractivity contribution in [1.29, 1.82) is 0 Å². The molecule has 2 aromatic rings. The van der Waals surface area contributed by atoms with E-state index in [0.29, 0.717) is 0 Å². The Labute approximate surface area is 113 Å². The Morgan fingerprint density at radius 2 is 2.16 bits per heavy atom. The molecule has 5 nitrogen and oxygen atoms in total. The molecular formula is C14H19N5. The molecule has 0 unspecified atom stereocenters. The Morgan fingerprint density at radius 1 is 1.26 bits per heavy atom. The molecule has 0 atom stereocenters. The fourth-order valence-corrected chi connectivity index (χ4v) is 1.80. The molecule has 0 bridgehead atoms. The third-order valence-electron chi connectivity index (χ3n) is 2.82. The number of nitrogens with one attached hydrogen (secondary N) is 1. The van der Waals surface area contributed by atoms with Crippen LogP contribution in [0.1, 0.15) is 11.4 Å². The third kappa shape index (κ3) is 3.99. The zero-order valence-corrected chi connectivity index (χ0v) is 11.4. The number of nitrogens with zero attached hydrogens (tertiary/aromatic N) is 4. The predicted octanol–water partition coefficient (Wildman–Crippen LogP) is 1.27. The minimum Gasteiger partial charge on any atom is -0.355 e. The molecule has 0 saturated carbocycles. The van der Waals surface area contributed by atoms with E-state index in [1.807, 2.05) is 38.6 Å². The molecule has 0 aliphatic heterocycles. The summed E-state index contributed by atoms with van der Waals surface area (Å²) in [6.45, 7) is 1.67. The van der Waals surface area contributed by atoms with Gasteiger partial charge in [0, 0.05) is 45.1 Å². The van der Waals surface area contributed by atoms with E-state index >= 15 is 0 Å². The summed E-state index contributed by atoms with van der Waals surface area (Å²) in [5.41, 5.74) is 1.17. The second kappa shape index (κ2) is 6.80. The lowest BCUT2D eigenvalue weighted by molar-refractivity contribution is 0.750. The molecule has 0 aromatic carbocycles. The molecule has 0 amide bonds. The summed E-state index contributed by atoms with van der Waals surface area (Å²) < 4.78 is 0. The van der Waals surface area contributed by atoms with E-state index < -0.39 is 0 Å². The number of hydrogen-bond acceptors (Lipinski definition) is 5. The maximum Gasteiger partial charge on any atom is 0.132 e. The zero-order chi connectivity index (χ0) is 13.5. The highest BCUT2D eigenvalue weighted by atomic mass is 15.2. The van der Waals surface area contributed by atoms with Crippen LogP contribution in [0.25, 0.3) is 0 Å². The highest BCUT2D eigenvalue weighted by Crippen LogP contribution is 2.11. The number of rotatable bonds is 6. The van der Waals surface area contributed by atoms with Gasteiger partial charge in [-0.1, -0.05) is 6.07 Å². The number of likely N-dealkylation sites (N-methyl/N-ethyl adjacent to an activating group) is 1. The maximum absolute atomic E-state index is 4.56. The first-order chi connectivity index (χ1) is 9.29. The highest BCUT2D eigenvalue weighted by Gasteiger charge is 2.05. The largest absolute Gasteiger partial charge is 0.355 e. The summed E-state index contributed by atoms with van der Waals surface area (Å²) >= 11 is 0. The lowest BCUT2D eigenvalue weighted by atomic mass is 10.2. The second-order valence-corrected chi connectivity index (χ2v) is 4.40. The Morgan fingerprint density at radius 3 is 2.89 bits per heavy atom. The highest BCUT2D eigenvalue weighted by molar-refractivity contribution is 5.37. The monoisotopic (exact) mass is 257 g/mol. The second-order valence-electron chi connectivity index (χ2n) is 4.40. The van der Waals surface area contributed by atoms with E-state index in [0.717, 1.165) is 31.2 Å². The third-order valence-corrected chi connectivity index (χ3v) is 2.82. The van der Waals surface area contributed by atoms with Crippen LogP contribution in [0, 0.1) is 0 Å². The molecule has 0 aliphatic carbocycles. The molecular weight excluding hydrogens is 238 g/mol. The van der Waals surface area contributed by atoms with Crippen molar-refractivity contribution in [2.24, 2.45) is 0 Å². The molecule has 5 heteroatoms. The van der Waals surface area contributed by atoms with Crippen LogP contribution >= 0.6 is 0 Å². The Bertz CT molecular complexity index is 500. The molecule has 19 heavy (non-hydrogen) atoms. The van der Waals surface area contributed by atoms with Gasteiger partial charge < -0.3 is 10.2 Å². The number of pyridine rings is 1. The van der Waals surface area contributed by atoms with Gasteiger partial charge in [-0.05, 0) is 24.7 Å². The first-order valence-corrected chi connectivity index (χ1v) is 6.36. The smallest absolute Gasteiger partial charge is 0.132 e. The molecule has 2 aromatic heterocycles. The van der Waals surface area contributed by atoms with Gasteiger partial charge in [0.15, 0.2) is 0 Å². The van der Waals surface area contributed by atoms with Gasteiger partial charge in [-0.3, -0.25) is 4.98 Å². The van der Waals surface area contributed by atoms with Crippen molar-refractivity contribution in [2.45, 2.75) is 13.0 Å². The molecule has 100 valence electrons. The Hall–Kier alpha value is -2.01. The van der Waals surface area contributed by atoms with Crippen LogP contribution in [-0.4, -0.2) is 35.6 Å². The van der Waals surface area contributed by atoms with Gasteiger partial charge in [0.2, 0.25) is 0 Å². The molecule has 1 N–H and O–H groups in total. The van der Waals surface area contributed by atoms with E-state index in [-0.39, 0.29) is 0 Å². The van der Waals surface area contributed by atoms with Crippen LogP contribution in [0.15, 0.2) is 36.8 Å². The van der Waals surface area contributed by atoms with E-state index in [9.17, 15) is 0 Å². The summed E-state index contributed by atoms with van der Waals surface area (Å²) in [5, 5.41) is 3.10. The molecule has 0 fully saturated rings. The van der Waals surface area contributed by atoms with Crippen LogP contribution in [0.2, 0.25) is 0 Å². The van der Waals surface area contributed by atoms with Gasteiger partial charge >= 0.3 is 0 Å². The molecule has 2 rings (SSSR count). The van der Waals surface area contributed by atoms with Crippen molar-refractivity contribution in [1.82, 2.24) is 20.3 Å². The SMILES string of the molecule is CNCCc1nccc(N(C)Cc2cccnc2)n1. The first kappa shape index (κ1) is 13.4. The fraction of sp³-hybridized carbons (Fsp3) is 0.357. The summed E-state index contributed by atoms with van der Waals surface area (Å²) in [5.74, 6) is 1.80. The van der Waals surface area contributed by atoms with Gasteiger partial charge in [-0.25, -0.2) is 9.97 Å². The summed E-state index contributed by atoms with van der Waals surface area (Å²) in [7, 11) is 3.95. The van der Waals surface area contributed by atoms with Crippen LogP contribution in [0.5, 0.6) is 0 Å². The summed E-state index contributed by atoms with van der Waals surface area (Å²) in [6.07, 6.45) is 6.31. The Kier molecular flexibility index (Phi) is 4.80. The summed E-state index contributed by atoms with van der Waals surface area (Å²) in [6, 6.07) is 5.94. The van der Waals surface area contributed by atoms with Crippen molar-refractivity contribution >= 4 is 5.82 Å². The van der Waals surface area contributed by atoms with Crippen LogP contribution in [0.3, 0.4) is 0 Å². The van der Waals surface area contributed by atoms with E-state index in [2.05, 4.69) is 31.2 Å². The van der Waals surface area contributed by atoms with Crippen molar-refractivity contribution in [2.75, 3.05) is 25.5 Å². The van der Waals surface area contributed by atoms with E-state index in [1.165, 1.54) is 5.56 Å². The van der Waals surface area contributed by atoms with Gasteiger partial charge in [0.05, 0.1) is 0 Å². The lowest BCUT2D eigenvalue weighted by Crippen LogP contribution is -2.19. The quantitative estimate of drug-likeness (QED) is 0.844. The molecule has 2 heterocycles. The van der Waals surface area contributed by atoms with Crippen molar-refractivity contribution < 1.29 is 0 Å². The van der Waals surface area contributed by atoms with Gasteiger partial charge in [0.1, 0.15) is 11.6 Å². The number of anilines is 1. The molecule has 0 aliphatic rings. The molecule has 0 spiro atoms. The van der Waals surface area contributed by atoms with Crippen molar-refractivity contribution in [3.63, 3.8) is 0 Å². The van der Waals surface area contributed by atoms with Crippen LogP contribution < -0.4 is 10.2 Å². The average Bonchev–Trinajstić information content (AvgIpc) is 2.46. The maximum atomic E-state index is 4.56. The van der Waals surface area contributed by atoms with Gasteiger partial charge in [-0.15, -0.1) is 0 Å². The Balaban J connectivity index is 2.04. The lowest BCUT2D eigenvalue weighted by Gasteiger charge is -2.18. The number of hydrogen-bond donors (Lipinski definition) is 1. The standard InChI is InChI=1S/C14H19N5/c1-15-8-5-13-17-9-6-14(18-13)19(2)11-12-4-3-7-16-10-12/h3-4,6-7,9-10,15H,5,8,11H2,1-2H3. The fourth-order valence-electron chi connectivity index (χ4n) is 1.80. The average molecular weight is 257 g/mol. The minimum atomic E-state index is 0.788. The number of aromatic nitrogens is 3. The van der Waals surface area contributed by atoms with Crippen LogP contribution in [-0.2, 0) is 13.0 Å². The summed E-state index contributed by atoms with van der Waals surface area (Å²) in [4.78, 5) is 15.1. The van der Waals surface area contributed by atoms with Gasteiger partial charge in [0.25, 0.3) is 0 Å². The van der Waals surface area contributed by atoms with Crippen molar-refractivity contribution in [3.05, 3.63) is 48.2 Å². The van der Waals surface area contributed by atoms with Crippen molar-refractivity contribution in [3.8, 4) is 0 Å². The topological polar surface area (TPSA) is 53.9 Å². The van der Waals surface area contributed by atoms with Gasteiger partial charge in [-0.2, -0.15) is 0 Å². The van der Waals surface area contributed by atoms with E-state index in [4.69, 9.17) is 0 Å². The van der Waals surface area contributed by atoms with E-state index in [1.54, 1.807) is 6.20 Å².